The summed E-state index contributed by atoms with van der Waals surface area (Å²) in [4.78, 5) is 13.6. The van der Waals surface area contributed by atoms with Crippen LogP contribution in [0.4, 0.5) is 0 Å². The molecule has 0 bridgehead atoms. The van der Waals surface area contributed by atoms with Gasteiger partial charge in [-0.2, -0.15) is 0 Å². The summed E-state index contributed by atoms with van der Waals surface area (Å²) in [6.07, 6.45) is 0.907. The minimum atomic E-state index is -0.0113. The molecule has 1 aromatic carbocycles. The number of hydrogen-bond acceptors (Lipinski definition) is 3. The summed E-state index contributed by atoms with van der Waals surface area (Å²) in [7, 11) is 1.86. The lowest BCUT2D eigenvalue weighted by molar-refractivity contribution is -0.128. The van der Waals surface area contributed by atoms with Crippen LogP contribution < -0.4 is 10.1 Å². The Morgan fingerprint density at radius 3 is 3.06 bits per heavy atom. The fourth-order valence-corrected chi connectivity index (χ4v) is 2.69. The molecule has 1 saturated heterocycles. The van der Waals surface area contributed by atoms with Crippen molar-refractivity contribution in [2.24, 2.45) is 0 Å². The molecule has 2 unspecified atom stereocenters. The summed E-state index contributed by atoms with van der Waals surface area (Å²) in [5.74, 6) is 1.56. The maximum absolute atomic E-state index is 11.8. The molecule has 4 nitrogen and oxygen atoms in total. The van der Waals surface area contributed by atoms with Crippen molar-refractivity contribution in [1.82, 2.24) is 10.2 Å². The van der Waals surface area contributed by atoms with Crippen molar-refractivity contribution < 1.29 is 9.53 Å². The van der Waals surface area contributed by atoms with Crippen LogP contribution in [0.2, 0.25) is 0 Å². The zero-order valence-electron chi connectivity index (χ0n) is 10.6. The summed E-state index contributed by atoms with van der Waals surface area (Å²) >= 11 is 0. The second-order valence-electron chi connectivity index (χ2n) is 5.06. The zero-order valence-corrected chi connectivity index (χ0v) is 10.6. The summed E-state index contributed by atoms with van der Waals surface area (Å²) in [6, 6.07) is 8.13. The number of likely N-dealkylation sites (tertiary alicyclic amines) is 1. The second-order valence-corrected chi connectivity index (χ2v) is 5.06. The number of likely N-dealkylation sites (N-methyl/N-ethyl adjacent to an activating group) is 1. The van der Waals surface area contributed by atoms with Gasteiger partial charge in [0.05, 0.1) is 12.6 Å². The molecule has 3 rings (SSSR count). The van der Waals surface area contributed by atoms with Gasteiger partial charge in [-0.15, -0.1) is 0 Å². The molecule has 0 spiro atoms. The third-order valence-electron chi connectivity index (χ3n) is 3.84. The molecule has 2 aliphatic heterocycles. The molecule has 0 aromatic heterocycles. The molecule has 2 atom stereocenters. The van der Waals surface area contributed by atoms with Gasteiger partial charge in [0.2, 0.25) is 5.91 Å². The van der Waals surface area contributed by atoms with Gasteiger partial charge in [0, 0.05) is 31.6 Å². The Morgan fingerprint density at radius 1 is 1.44 bits per heavy atom. The standard InChI is InChI=1S/C14H18N2O2/c1-16-7-6-12(14(16)17)15-8-10-9-18-13-5-3-2-4-11(10)13/h2-5,10,12,15H,6-9H2,1H3. The Labute approximate surface area is 107 Å². The lowest BCUT2D eigenvalue weighted by Crippen LogP contribution is -2.39. The molecule has 1 amide bonds. The van der Waals surface area contributed by atoms with Gasteiger partial charge < -0.3 is 15.0 Å². The molecular formula is C14H18N2O2. The summed E-state index contributed by atoms with van der Waals surface area (Å²) in [5.41, 5.74) is 1.25. The monoisotopic (exact) mass is 246 g/mol. The lowest BCUT2D eigenvalue weighted by atomic mass is 10.0. The number of ether oxygens (including phenoxy) is 1. The van der Waals surface area contributed by atoms with Gasteiger partial charge in [-0.1, -0.05) is 18.2 Å². The molecule has 2 aliphatic rings. The number of nitrogens with zero attached hydrogens (tertiary/aromatic N) is 1. The van der Waals surface area contributed by atoms with Crippen LogP contribution >= 0.6 is 0 Å². The first-order chi connectivity index (χ1) is 8.75. The van der Waals surface area contributed by atoms with Crippen molar-refractivity contribution >= 4 is 5.91 Å². The maximum Gasteiger partial charge on any atom is 0.239 e. The van der Waals surface area contributed by atoms with Crippen LogP contribution in [-0.4, -0.2) is 43.6 Å². The van der Waals surface area contributed by atoms with E-state index >= 15 is 0 Å². The van der Waals surface area contributed by atoms with Crippen molar-refractivity contribution in [3.05, 3.63) is 29.8 Å². The van der Waals surface area contributed by atoms with Crippen LogP contribution in [0.5, 0.6) is 5.75 Å². The Kier molecular flexibility index (Phi) is 2.96. The predicted molar refractivity (Wildman–Crippen MR) is 68.7 cm³/mol. The largest absolute Gasteiger partial charge is 0.493 e. The van der Waals surface area contributed by atoms with E-state index in [1.54, 1.807) is 4.90 Å². The third-order valence-corrected chi connectivity index (χ3v) is 3.84. The lowest BCUT2D eigenvalue weighted by Gasteiger charge is -2.15. The van der Waals surface area contributed by atoms with Crippen LogP contribution in [-0.2, 0) is 4.79 Å². The van der Waals surface area contributed by atoms with Crippen molar-refractivity contribution in [2.75, 3.05) is 26.7 Å². The van der Waals surface area contributed by atoms with Crippen LogP contribution in [0.25, 0.3) is 0 Å². The predicted octanol–water partition coefficient (Wildman–Crippen LogP) is 0.983. The topological polar surface area (TPSA) is 41.6 Å². The maximum atomic E-state index is 11.8. The van der Waals surface area contributed by atoms with E-state index in [9.17, 15) is 4.79 Å². The minimum absolute atomic E-state index is 0.0113. The second kappa shape index (κ2) is 4.61. The van der Waals surface area contributed by atoms with E-state index in [4.69, 9.17) is 4.74 Å². The Bertz CT molecular complexity index is 461. The highest BCUT2D eigenvalue weighted by Gasteiger charge is 2.30. The third kappa shape index (κ3) is 1.97. The molecular weight excluding hydrogens is 228 g/mol. The SMILES string of the molecule is CN1CCC(NCC2COc3ccccc32)C1=O. The van der Waals surface area contributed by atoms with E-state index < -0.39 is 0 Å². The Balaban J connectivity index is 1.61. The van der Waals surface area contributed by atoms with Gasteiger partial charge in [0.25, 0.3) is 0 Å². The Morgan fingerprint density at radius 2 is 2.28 bits per heavy atom. The van der Waals surface area contributed by atoms with E-state index in [2.05, 4.69) is 11.4 Å². The molecule has 1 aromatic rings. The smallest absolute Gasteiger partial charge is 0.239 e. The highest BCUT2D eigenvalue weighted by atomic mass is 16.5. The van der Waals surface area contributed by atoms with Gasteiger partial charge in [-0.25, -0.2) is 0 Å². The van der Waals surface area contributed by atoms with Gasteiger partial charge in [0.1, 0.15) is 5.75 Å². The van der Waals surface area contributed by atoms with Gasteiger partial charge in [0.15, 0.2) is 0 Å². The minimum Gasteiger partial charge on any atom is -0.493 e. The quantitative estimate of drug-likeness (QED) is 0.864. The van der Waals surface area contributed by atoms with Gasteiger partial charge >= 0.3 is 0 Å². The number of benzene rings is 1. The van der Waals surface area contributed by atoms with Crippen molar-refractivity contribution in [2.45, 2.75) is 18.4 Å². The zero-order chi connectivity index (χ0) is 12.5. The van der Waals surface area contributed by atoms with Crippen LogP contribution in [0.15, 0.2) is 24.3 Å². The highest BCUT2D eigenvalue weighted by molar-refractivity contribution is 5.83. The van der Waals surface area contributed by atoms with E-state index in [0.717, 1.165) is 25.3 Å². The van der Waals surface area contributed by atoms with Crippen LogP contribution in [0.1, 0.15) is 17.9 Å². The molecule has 18 heavy (non-hydrogen) atoms. The number of fused-ring (bicyclic) bond motifs is 1. The number of para-hydroxylation sites is 1. The first kappa shape index (κ1) is 11.5. The van der Waals surface area contributed by atoms with Crippen LogP contribution in [0, 0.1) is 0 Å². The molecule has 4 heteroatoms. The number of hydrogen-bond donors (Lipinski definition) is 1. The van der Waals surface area contributed by atoms with E-state index in [0.29, 0.717) is 12.5 Å². The van der Waals surface area contributed by atoms with E-state index in [1.807, 2.05) is 25.2 Å². The number of carbonyl (C=O) groups excluding carboxylic acids is 1. The molecule has 0 radical (unpaired) electrons. The number of carbonyl (C=O) groups is 1. The fourth-order valence-electron chi connectivity index (χ4n) is 2.69. The van der Waals surface area contributed by atoms with Crippen molar-refractivity contribution in [3.8, 4) is 5.75 Å². The Hall–Kier alpha value is -1.55. The van der Waals surface area contributed by atoms with E-state index in [-0.39, 0.29) is 11.9 Å². The van der Waals surface area contributed by atoms with Crippen LogP contribution in [0.3, 0.4) is 0 Å². The average Bonchev–Trinajstić information content (AvgIpc) is 2.94. The summed E-state index contributed by atoms with van der Waals surface area (Å²) < 4.78 is 5.64. The molecule has 96 valence electrons. The summed E-state index contributed by atoms with van der Waals surface area (Å²) in [6.45, 7) is 2.37. The first-order valence-electron chi connectivity index (χ1n) is 6.46. The molecule has 2 heterocycles. The fraction of sp³-hybridized carbons (Fsp3) is 0.500. The molecule has 1 N–H and O–H groups in total. The number of nitrogens with one attached hydrogen (secondary N) is 1. The number of amides is 1. The number of rotatable bonds is 3. The van der Waals surface area contributed by atoms with E-state index in [1.165, 1.54) is 5.56 Å². The summed E-state index contributed by atoms with van der Waals surface area (Å²) in [5, 5.41) is 3.37. The van der Waals surface area contributed by atoms with Crippen molar-refractivity contribution in [3.63, 3.8) is 0 Å². The average molecular weight is 246 g/mol. The van der Waals surface area contributed by atoms with Gasteiger partial charge in [-0.05, 0) is 12.5 Å². The van der Waals surface area contributed by atoms with Gasteiger partial charge in [-0.3, -0.25) is 4.79 Å². The molecule has 0 saturated carbocycles. The van der Waals surface area contributed by atoms with Crippen molar-refractivity contribution in [1.29, 1.82) is 0 Å². The molecule has 0 aliphatic carbocycles. The normalized spacial score (nSPS) is 26.3. The molecule has 1 fully saturated rings. The first-order valence-corrected chi connectivity index (χ1v) is 6.46. The highest BCUT2D eigenvalue weighted by Crippen LogP contribution is 2.33.